The standard InChI is InChI=1S/C26H26F3N5O3/c1-17(16-36-2)37-25(35)20(15-30)23-24(32-22-9-4-3-8-21(22)31-23)34-12-10-33(11-13-34)19-7-5-6-18(14-19)26(27,28)29/h3-9,14,17,20H,10-13,16H2,1-2H3/t17-,20-/m1/s1. The summed E-state index contributed by atoms with van der Waals surface area (Å²) in [7, 11) is 1.48. The molecule has 1 aromatic heterocycles. The van der Waals surface area contributed by atoms with E-state index in [1.165, 1.54) is 13.2 Å². The van der Waals surface area contributed by atoms with Crippen molar-refractivity contribution >= 4 is 28.5 Å². The van der Waals surface area contributed by atoms with E-state index in [0.717, 1.165) is 12.1 Å². The zero-order chi connectivity index (χ0) is 26.6. The second-order valence-electron chi connectivity index (χ2n) is 8.71. The molecule has 0 aliphatic carbocycles. The normalized spacial score (nSPS) is 15.8. The zero-order valence-corrected chi connectivity index (χ0v) is 20.4. The molecule has 194 valence electrons. The number of nitrogens with zero attached hydrogens (tertiary/aromatic N) is 5. The number of para-hydroxylation sites is 2. The molecule has 1 saturated heterocycles. The molecule has 2 heterocycles. The number of hydrogen-bond donors (Lipinski definition) is 0. The van der Waals surface area contributed by atoms with Crippen molar-refractivity contribution in [2.24, 2.45) is 0 Å². The molecular weight excluding hydrogens is 487 g/mol. The Labute approximate surface area is 212 Å². The van der Waals surface area contributed by atoms with E-state index in [1.54, 1.807) is 31.2 Å². The monoisotopic (exact) mass is 513 g/mol. The number of aromatic nitrogens is 2. The van der Waals surface area contributed by atoms with Crippen LogP contribution in [0.25, 0.3) is 11.0 Å². The van der Waals surface area contributed by atoms with Gasteiger partial charge in [0, 0.05) is 39.0 Å². The van der Waals surface area contributed by atoms with Gasteiger partial charge >= 0.3 is 12.1 Å². The maximum absolute atomic E-state index is 13.2. The van der Waals surface area contributed by atoms with E-state index in [-0.39, 0.29) is 12.3 Å². The third-order valence-corrected chi connectivity index (χ3v) is 6.05. The fourth-order valence-corrected chi connectivity index (χ4v) is 4.25. The highest BCUT2D eigenvalue weighted by molar-refractivity contribution is 5.85. The highest BCUT2D eigenvalue weighted by atomic mass is 19.4. The molecule has 11 heteroatoms. The van der Waals surface area contributed by atoms with Gasteiger partial charge in [-0.05, 0) is 37.3 Å². The van der Waals surface area contributed by atoms with Crippen molar-refractivity contribution in [2.45, 2.75) is 25.1 Å². The summed E-state index contributed by atoms with van der Waals surface area (Å²) in [6, 6.07) is 14.4. The number of hydrogen-bond acceptors (Lipinski definition) is 8. The molecule has 0 N–H and O–H groups in total. The van der Waals surface area contributed by atoms with Crippen molar-refractivity contribution in [3.63, 3.8) is 0 Å². The van der Waals surface area contributed by atoms with Gasteiger partial charge in [-0.2, -0.15) is 18.4 Å². The van der Waals surface area contributed by atoms with E-state index in [0.29, 0.717) is 48.7 Å². The second kappa shape index (κ2) is 11.0. The summed E-state index contributed by atoms with van der Waals surface area (Å²) in [4.78, 5) is 26.0. The maximum Gasteiger partial charge on any atom is 0.416 e. The highest BCUT2D eigenvalue weighted by Gasteiger charge is 2.33. The molecule has 0 spiro atoms. The van der Waals surface area contributed by atoms with E-state index in [4.69, 9.17) is 14.5 Å². The predicted molar refractivity (Wildman–Crippen MR) is 131 cm³/mol. The number of carbonyl (C=O) groups excluding carboxylic acids is 1. The zero-order valence-electron chi connectivity index (χ0n) is 20.4. The van der Waals surface area contributed by atoms with Gasteiger partial charge in [0.2, 0.25) is 0 Å². The van der Waals surface area contributed by atoms with Crippen molar-refractivity contribution in [3.05, 3.63) is 59.8 Å². The van der Waals surface area contributed by atoms with E-state index in [9.17, 15) is 23.2 Å². The summed E-state index contributed by atoms with van der Waals surface area (Å²) >= 11 is 0. The Kier molecular flexibility index (Phi) is 7.78. The lowest BCUT2D eigenvalue weighted by Gasteiger charge is -2.37. The van der Waals surface area contributed by atoms with Crippen LogP contribution in [0.4, 0.5) is 24.7 Å². The average Bonchev–Trinajstić information content (AvgIpc) is 2.88. The van der Waals surface area contributed by atoms with E-state index >= 15 is 0 Å². The minimum Gasteiger partial charge on any atom is -0.459 e. The maximum atomic E-state index is 13.2. The molecule has 1 aliphatic rings. The van der Waals surface area contributed by atoms with E-state index in [2.05, 4.69) is 4.98 Å². The van der Waals surface area contributed by atoms with Gasteiger partial charge in [0.05, 0.1) is 29.3 Å². The smallest absolute Gasteiger partial charge is 0.416 e. The van der Waals surface area contributed by atoms with Crippen molar-refractivity contribution in [3.8, 4) is 6.07 Å². The molecule has 8 nitrogen and oxygen atoms in total. The molecule has 0 radical (unpaired) electrons. The Morgan fingerprint density at radius 1 is 1.05 bits per heavy atom. The molecule has 0 amide bonds. The summed E-state index contributed by atoms with van der Waals surface area (Å²) in [5, 5.41) is 9.90. The number of methoxy groups -OCH3 is 1. The van der Waals surface area contributed by atoms with Crippen molar-refractivity contribution in [2.75, 3.05) is 49.7 Å². The molecule has 37 heavy (non-hydrogen) atoms. The third kappa shape index (κ3) is 5.91. The average molecular weight is 514 g/mol. The second-order valence-corrected chi connectivity index (χ2v) is 8.71. The molecule has 2 aromatic carbocycles. The van der Waals surface area contributed by atoms with Crippen LogP contribution >= 0.6 is 0 Å². The summed E-state index contributed by atoms with van der Waals surface area (Å²) in [6.07, 6.45) is -4.98. The number of nitriles is 1. The topological polar surface area (TPSA) is 91.6 Å². The molecule has 0 bridgehead atoms. The first-order chi connectivity index (χ1) is 17.7. The third-order valence-electron chi connectivity index (χ3n) is 6.05. The van der Waals surface area contributed by atoms with Crippen LogP contribution in [-0.2, 0) is 20.4 Å². The van der Waals surface area contributed by atoms with Crippen molar-refractivity contribution < 1.29 is 27.4 Å². The van der Waals surface area contributed by atoms with Crippen LogP contribution in [0.3, 0.4) is 0 Å². The predicted octanol–water partition coefficient (Wildman–Crippen LogP) is 4.16. The fraction of sp³-hybridized carbons (Fsp3) is 0.385. The molecular formula is C26H26F3N5O3. The van der Waals surface area contributed by atoms with Gasteiger partial charge in [-0.25, -0.2) is 9.97 Å². The number of alkyl halides is 3. The Morgan fingerprint density at radius 3 is 2.32 bits per heavy atom. The van der Waals surface area contributed by atoms with Crippen molar-refractivity contribution in [1.29, 1.82) is 5.26 Å². The Balaban J connectivity index is 1.61. The number of benzene rings is 2. The fourth-order valence-electron chi connectivity index (χ4n) is 4.25. The van der Waals surface area contributed by atoms with Crippen LogP contribution in [0.2, 0.25) is 0 Å². The Morgan fingerprint density at radius 2 is 1.70 bits per heavy atom. The highest BCUT2D eigenvalue weighted by Crippen LogP contribution is 2.33. The number of esters is 1. The van der Waals surface area contributed by atoms with Crippen LogP contribution in [0.1, 0.15) is 24.1 Å². The van der Waals surface area contributed by atoms with Crippen LogP contribution in [-0.4, -0.2) is 61.9 Å². The lowest BCUT2D eigenvalue weighted by Crippen LogP contribution is -2.47. The minimum atomic E-state index is -4.42. The van der Waals surface area contributed by atoms with Gasteiger partial charge in [0.15, 0.2) is 11.7 Å². The summed E-state index contributed by atoms with van der Waals surface area (Å²) in [5.41, 5.74) is 1.09. The molecule has 3 aromatic rings. The summed E-state index contributed by atoms with van der Waals surface area (Å²) in [6.45, 7) is 3.49. The number of fused-ring (bicyclic) bond motifs is 1. The van der Waals surface area contributed by atoms with Crippen LogP contribution in [0, 0.1) is 11.3 Å². The molecule has 1 aliphatic heterocycles. The van der Waals surface area contributed by atoms with Gasteiger partial charge in [-0.3, -0.25) is 4.79 Å². The molecule has 4 rings (SSSR count). The number of ether oxygens (including phenoxy) is 2. The minimum absolute atomic E-state index is 0.178. The van der Waals surface area contributed by atoms with Crippen LogP contribution in [0.5, 0.6) is 0 Å². The Hall–Kier alpha value is -3.91. The first-order valence-electron chi connectivity index (χ1n) is 11.7. The largest absolute Gasteiger partial charge is 0.459 e. The number of piperazine rings is 1. The first kappa shape index (κ1) is 26.2. The molecule has 1 fully saturated rings. The molecule has 2 atom stereocenters. The van der Waals surface area contributed by atoms with Gasteiger partial charge in [-0.15, -0.1) is 0 Å². The Bertz CT molecular complexity index is 1300. The van der Waals surface area contributed by atoms with Gasteiger partial charge in [0.25, 0.3) is 0 Å². The number of halogens is 3. The number of rotatable bonds is 7. The quantitative estimate of drug-likeness (QED) is 0.435. The number of carbonyl (C=O) groups is 1. The summed E-state index contributed by atoms with van der Waals surface area (Å²) < 4.78 is 49.9. The molecule has 0 saturated carbocycles. The van der Waals surface area contributed by atoms with Crippen LogP contribution < -0.4 is 9.80 Å². The van der Waals surface area contributed by atoms with Crippen molar-refractivity contribution in [1.82, 2.24) is 9.97 Å². The van der Waals surface area contributed by atoms with Gasteiger partial charge in [0.1, 0.15) is 11.8 Å². The van der Waals surface area contributed by atoms with E-state index in [1.807, 2.05) is 21.9 Å². The van der Waals surface area contributed by atoms with E-state index < -0.39 is 29.7 Å². The lowest BCUT2D eigenvalue weighted by atomic mass is 10.1. The SMILES string of the molecule is COC[C@@H](C)OC(=O)[C@H](C#N)c1nc2ccccc2nc1N1CCN(c2cccc(C(F)(F)F)c2)CC1. The van der Waals surface area contributed by atoms with Gasteiger partial charge in [-0.1, -0.05) is 18.2 Å². The van der Waals surface area contributed by atoms with Crippen LogP contribution in [0.15, 0.2) is 48.5 Å². The lowest BCUT2D eigenvalue weighted by molar-refractivity contribution is -0.151. The first-order valence-corrected chi connectivity index (χ1v) is 11.7. The summed E-state index contributed by atoms with van der Waals surface area (Å²) in [5.74, 6) is -1.68. The van der Waals surface area contributed by atoms with Gasteiger partial charge < -0.3 is 19.3 Å². The molecule has 0 unspecified atom stereocenters. The number of anilines is 2.